The normalized spacial score (nSPS) is 12.0. The van der Waals surface area contributed by atoms with E-state index < -0.39 is 0 Å². The minimum Gasteiger partial charge on any atom is -0.370 e. The Kier molecular flexibility index (Phi) is 6.29. The summed E-state index contributed by atoms with van der Waals surface area (Å²) in [5, 5.41) is 4.88. The molecule has 0 bridgehead atoms. The van der Waals surface area contributed by atoms with Gasteiger partial charge in [0.25, 0.3) is 0 Å². The number of para-hydroxylation sites is 1. The summed E-state index contributed by atoms with van der Waals surface area (Å²) in [6.07, 6.45) is 0. The van der Waals surface area contributed by atoms with Crippen molar-refractivity contribution in [2.24, 2.45) is 0 Å². The first-order valence-corrected chi connectivity index (χ1v) is 10.0. The Hall–Kier alpha value is -2.60. The van der Waals surface area contributed by atoms with Gasteiger partial charge in [0.1, 0.15) is 5.82 Å². The summed E-state index contributed by atoms with van der Waals surface area (Å²) in [4.78, 5) is 23.6. The standard InChI is InChI=1S/C21H24N4OS/c1-4-22-20-17-12-8-9-13-18(17)23-21(24-20)27-14-19(26)25(3)15(2)16-10-6-5-7-11-16/h5-13,15H,4,14H2,1-3H3,(H,22,23,24). The summed E-state index contributed by atoms with van der Waals surface area (Å²) in [5.74, 6) is 1.17. The topological polar surface area (TPSA) is 58.1 Å². The molecule has 1 heterocycles. The van der Waals surface area contributed by atoms with Crippen LogP contribution in [0.2, 0.25) is 0 Å². The molecule has 6 heteroatoms. The number of rotatable bonds is 7. The Balaban J connectivity index is 1.71. The van der Waals surface area contributed by atoms with Gasteiger partial charge < -0.3 is 10.2 Å². The molecule has 0 saturated heterocycles. The maximum atomic E-state index is 12.6. The zero-order valence-corrected chi connectivity index (χ0v) is 16.7. The second kappa shape index (κ2) is 8.86. The molecule has 2 aromatic carbocycles. The molecule has 140 valence electrons. The monoisotopic (exact) mass is 380 g/mol. The van der Waals surface area contributed by atoms with Crippen molar-refractivity contribution < 1.29 is 4.79 Å². The van der Waals surface area contributed by atoms with E-state index in [0.29, 0.717) is 10.9 Å². The van der Waals surface area contributed by atoms with Gasteiger partial charge in [0.2, 0.25) is 5.91 Å². The van der Waals surface area contributed by atoms with Crippen LogP contribution in [0.4, 0.5) is 5.82 Å². The van der Waals surface area contributed by atoms with Crippen molar-refractivity contribution in [3.63, 3.8) is 0 Å². The van der Waals surface area contributed by atoms with Crippen LogP contribution in [-0.2, 0) is 4.79 Å². The number of aromatic nitrogens is 2. The van der Waals surface area contributed by atoms with E-state index in [1.54, 1.807) is 4.90 Å². The molecule has 27 heavy (non-hydrogen) atoms. The molecule has 1 aromatic heterocycles. The van der Waals surface area contributed by atoms with Gasteiger partial charge in [-0.1, -0.05) is 54.2 Å². The molecule has 0 aliphatic heterocycles. The second-order valence-electron chi connectivity index (χ2n) is 6.28. The fraction of sp³-hybridized carbons (Fsp3) is 0.286. The molecule has 1 amide bonds. The van der Waals surface area contributed by atoms with Gasteiger partial charge >= 0.3 is 0 Å². The predicted molar refractivity (Wildman–Crippen MR) is 112 cm³/mol. The van der Waals surface area contributed by atoms with Crippen molar-refractivity contribution in [3.8, 4) is 0 Å². The fourth-order valence-electron chi connectivity index (χ4n) is 2.82. The largest absolute Gasteiger partial charge is 0.370 e. The first-order chi connectivity index (χ1) is 13.1. The van der Waals surface area contributed by atoms with Gasteiger partial charge in [0, 0.05) is 19.0 Å². The highest BCUT2D eigenvalue weighted by atomic mass is 32.2. The van der Waals surface area contributed by atoms with Gasteiger partial charge in [-0.2, -0.15) is 0 Å². The molecule has 0 radical (unpaired) electrons. The smallest absolute Gasteiger partial charge is 0.233 e. The number of thioether (sulfide) groups is 1. The first kappa shape index (κ1) is 19.2. The van der Waals surface area contributed by atoms with Crippen LogP contribution in [0.25, 0.3) is 10.9 Å². The lowest BCUT2D eigenvalue weighted by Gasteiger charge is -2.25. The minimum absolute atomic E-state index is 0.0224. The van der Waals surface area contributed by atoms with Gasteiger partial charge in [-0.25, -0.2) is 9.97 Å². The van der Waals surface area contributed by atoms with Crippen LogP contribution in [0.1, 0.15) is 25.5 Å². The van der Waals surface area contributed by atoms with Crippen molar-refractivity contribution in [2.75, 3.05) is 24.7 Å². The van der Waals surface area contributed by atoms with Gasteiger partial charge in [-0.3, -0.25) is 4.79 Å². The molecule has 0 aliphatic rings. The quantitative estimate of drug-likeness (QED) is 0.487. The van der Waals surface area contributed by atoms with Gasteiger partial charge in [0.05, 0.1) is 17.3 Å². The first-order valence-electron chi connectivity index (χ1n) is 9.04. The van der Waals surface area contributed by atoms with Crippen LogP contribution in [0, 0.1) is 0 Å². The third-order valence-corrected chi connectivity index (χ3v) is 5.34. The molecule has 3 aromatic rings. The average Bonchev–Trinajstić information content (AvgIpc) is 2.71. The zero-order chi connectivity index (χ0) is 19.2. The third-order valence-electron chi connectivity index (χ3n) is 4.51. The lowest BCUT2D eigenvalue weighted by Crippen LogP contribution is -2.31. The maximum absolute atomic E-state index is 12.6. The number of carbonyl (C=O) groups excluding carboxylic acids is 1. The minimum atomic E-state index is 0.0224. The van der Waals surface area contributed by atoms with E-state index in [1.807, 2.05) is 75.5 Å². The molecular formula is C21H24N4OS. The summed E-state index contributed by atoms with van der Waals surface area (Å²) in [6, 6.07) is 18.0. The molecule has 1 atom stereocenters. The van der Waals surface area contributed by atoms with Crippen LogP contribution >= 0.6 is 11.8 Å². The number of nitrogens with one attached hydrogen (secondary N) is 1. The SMILES string of the molecule is CCNc1nc(SCC(=O)N(C)C(C)c2ccccc2)nc2ccccc12. The molecule has 5 nitrogen and oxygen atoms in total. The highest BCUT2D eigenvalue weighted by molar-refractivity contribution is 7.99. The van der Waals surface area contributed by atoms with E-state index in [0.717, 1.165) is 28.8 Å². The zero-order valence-electron chi connectivity index (χ0n) is 15.8. The van der Waals surface area contributed by atoms with Crippen LogP contribution in [0.5, 0.6) is 0 Å². The Bertz CT molecular complexity index is 916. The number of amides is 1. The van der Waals surface area contributed by atoms with E-state index in [1.165, 1.54) is 11.8 Å². The summed E-state index contributed by atoms with van der Waals surface area (Å²) < 4.78 is 0. The molecule has 0 fully saturated rings. The van der Waals surface area contributed by atoms with Gasteiger partial charge in [-0.15, -0.1) is 0 Å². The van der Waals surface area contributed by atoms with Crippen LogP contribution in [-0.4, -0.2) is 40.1 Å². The molecule has 0 saturated carbocycles. The summed E-state index contributed by atoms with van der Waals surface area (Å²) in [5.41, 5.74) is 2.00. The van der Waals surface area contributed by atoms with Gasteiger partial charge in [-0.05, 0) is 31.5 Å². The number of nitrogens with zero attached hydrogens (tertiary/aromatic N) is 3. The predicted octanol–water partition coefficient (Wildman–Crippen LogP) is 4.37. The highest BCUT2D eigenvalue weighted by Crippen LogP contribution is 2.25. The van der Waals surface area contributed by atoms with E-state index in [9.17, 15) is 4.79 Å². The maximum Gasteiger partial charge on any atom is 0.233 e. The average molecular weight is 381 g/mol. The molecule has 1 unspecified atom stereocenters. The summed E-state index contributed by atoms with van der Waals surface area (Å²) >= 11 is 1.37. The van der Waals surface area contributed by atoms with Crippen molar-refractivity contribution in [1.82, 2.24) is 14.9 Å². The molecule has 0 spiro atoms. The Morgan fingerprint density at radius 3 is 2.56 bits per heavy atom. The second-order valence-corrected chi connectivity index (χ2v) is 7.22. The number of hydrogen-bond donors (Lipinski definition) is 1. The molecule has 3 rings (SSSR count). The van der Waals surface area contributed by atoms with Crippen molar-refractivity contribution in [1.29, 1.82) is 0 Å². The Morgan fingerprint density at radius 1 is 1.11 bits per heavy atom. The van der Waals surface area contributed by atoms with Crippen molar-refractivity contribution in [3.05, 3.63) is 60.2 Å². The van der Waals surface area contributed by atoms with E-state index in [4.69, 9.17) is 0 Å². The molecule has 0 aliphatic carbocycles. The number of anilines is 1. The number of carbonyl (C=O) groups is 1. The third kappa shape index (κ3) is 4.57. The lowest BCUT2D eigenvalue weighted by molar-refractivity contribution is -0.128. The van der Waals surface area contributed by atoms with Crippen molar-refractivity contribution in [2.45, 2.75) is 25.0 Å². The lowest BCUT2D eigenvalue weighted by atomic mass is 10.1. The van der Waals surface area contributed by atoms with Gasteiger partial charge in [0.15, 0.2) is 5.16 Å². The van der Waals surface area contributed by atoms with E-state index >= 15 is 0 Å². The number of benzene rings is 2. The van der Waals surface area contributed by atoms with Crippen LogP contribution < -0.4 is 5.32 Å². The summed E-state index contributed by atoms with van der Waals surface area (Å²) in [7, 11) is 1.84. The van der Waals surface area contributed by atoms with Crippen LogP contribution in [0.3, 0.4) is 0 Å². The fourth-order valence-corrected chi connectivity index (χ4v) is 3.60. The molecular weight excluding hydrogens is 356 g/mol. The Labute approximate surface area is 164 Å². The summed E-state index contributed by atoms with van der Waals surface area (Å²) in [6.45, 7) is 4.85. The van der Waals surface area contributed by atoms with Crippen molar-refractivity contribution >= 4 is 34.4 Å². The molecule has 1 N–H and O–H groups in total. The van der Waals surface area contributed by atoms with Crippen LogP contribution in [0.15, 0.2) is 59.8 Å². The van der Waals surface area contributed by atoms with E-state index in [-0.39, 0.29) is 11.9 Å². The Morgan fingerprint density at radius 2 is 1.81 bits per heavy atom. The number of fused-ring (bicyclic) bond motifs is 1. The number of hydrogen-bond acceptors (Lipinski definition) is 5. The highest BCUT2D eigenvalue weighted by Gasteiger charge is 2.18. The van der Waals surface area contributed by atoms with E-state index in [2.05, 4.69) is 15.3 Å².